The quantitative estimate of drug-likeness (QED) is 0.723. The van der Waals surface area contributed by atoms with E-state index < -0.39 is 0 Å². The standard InChI is InChI=1S/C12H26N2O/c1-10-3-5-12(6-4-10)14(2)9-11(13)7-8-15/h10-12,15H,3-9,13H2,1-2H3. The summed E-state index contributed by atoms with van der Waals surface area (Å²) in [7, 11) is 2.16. The van der Waals surface area contributed by atoms with Crippen LogP contribution in [0.2, 0.25) is 0 Å². The van der Waals surface area contributed by atoms with Gasteiger partial charge in [-0.05, 0) is 45.1 Å². The molecule has 0 heterocycles. The lowest BCUT2D eigenvalue weighted by Crippen LogP contribution is -2.42. The van der Waals surface area contributed by atoms with Crippen LogP contribution in [0.1, 0.15) is 39.0 Å². The molecule has 0 aliphatic heterocycles. The van der Waals surface area contributed by atoms with E-state index in [4.69, 9.17) is 10.8 Å². The molecule has 0 radical (unpaired) electrons. The van der Waals surface area contributed by atoms with Crippen LogP contribution in [0.3, 0.4) is 0 Å². The third-order valence-corrected chi connectivity index (χ3v) is 3.63. The van der Waals surface area contributed by atoms with Crippen molar-refractivity contribution in [1.29, 1.82) is 0 Å². The summed E-state index contributed by atoms with van der Waals surface area (Å²) in [6, 6.07) is 0.838. The van der Waals surface area contributed by atoms with E-state index >= 15 is 0 Å². The molecule has 0 aromatic carbocycles. The Morgan fingerprint density at radius 3 is 2.47 bits per heavy atom. The summed E-state index contributed by atoms with van der Waals surface area (Å²) >= 11 is 0. The number of nitrogens with two attached hydrogens (primary N) is 1. The molecule has 1 unspecified atom stereocenters. The Labute approximate surface area is 93.6 Å². The largest absolute Gasteiger partial charge is 0.396 e. The van der Waals surface area contributed by atoms with E-state index in [2.05, 4.69) is 18.9 Å². The Bertz CT molecular complexity index is 167. The average Bonchev–Trinajstić information content (AvgIpc) is 2.18. The molecule has 1 rings (SSSR count). The van der Waals surface area contributed by atoms with Crippen LogP contribution in [0.5, 0.6) is 0 Å². The van der Waals surface area contributed by atoms with E-state index in [1.54, 1.807) is 0 Å². The summed E-state index contributed by atoms with van der Waals surface area (Å²) in [4.78, 5) is 2.38. The molecule has 0 bridgehead atoms. The molecule has 90 valence electrons. The zero-order chi connectivity index (χ0) is 11.3. The van der Waals surface area contributed by atoms with Crippen molar-refractivity contribution in [2.45, 2.75) is 51.1 Å². The second-order valence-electron chi connectivity index (χ2n) is 5.13. The van der Waals surface area contributed by atoms with Crippen molar-refractivity contribution in [2.24, 2.45) is 11.7 Å². The first-order valence-corrected chi connectivity index (χ1v) is 6.20. The van der Waals surface area contributed by atoms with Gasteiger partial charge in [-0.25, -0.2) is 0 Å². The second-order valence-corrected chi connectivity index (χ2v) is 5.13. The summed E-state index contributed by atoms with van der Waals surface area (Å²) in [6.07, 6.45) is 6.04. The first kappa shape index (κ1) is 12.9. The first-order chi connectivity index (χ1) is 7.13. The molecule has 3 N–H and O–H groups in total. The first-order valence-electron chi connectivity index (χ1n) is 6.20. The van der Waals surface area contributed by atoms with E-state index in [1.807, 2.05) is 0 Å². The van der Waals surface area contributed by atoms with Gasteiger partial charge in [-0.1, -0.05) is 6.92 Å². The molecule has 3 nitrogen and oxygen atoms in total. The zero-order valence-corrected chi connectivity index (χ0v) is 10.2. The van der Waals surface area contributed by atoms with Crippen molar-refractivity contribution in [3.63, 3.8) is 0 Å². The molecule has 1 saturated carbocycles. The SMILES string of the molecule is CC1CCC(N(C)CC(N)CCO)CC1. The van der Waals surface area contributed by atoms with Gasteiger partial charge in [0.25, 0.3) is 0 Å². The van der Waals surface area contributed by atoms with E-state index in [9.17, 15) is 0 Å². The average molecular weight is 214 g/mol. The molecule has 1 atom stereocenters. The number of hydrogen-bond acceptors (Lipinski definition) is 3. The van der Waals surface area contributed by atoms with Crippen LogP contribution in [-0.4, -0.2) is 42.3 Å². The van der Waals surface area contributed by atoms with Gasteiger partial charge in [0.2, 0.25) is 0 Å². The van der Waals surface area contributed by atoms with Gasteiger partial charge in [0.1, 0.15) is 0 Å². The van der Waals surface area contributed by atoms with E-state index in [0.29, 0.717) is 12.5 Å². The highest BCUT2D eigenvalue weighted by atomic mass is 16.3. The second kappa shape index (κ2) is 6.46. The third kappa shape index (κ3) is 4.49. The number of aliphatic hydroxyl groups excluding tert-OH is 1. The monoisotopic (exact) mass is 214 g/mol. The van der Waals surface area contributed by atoms with Crippen LogP contribution in [0, 0.1) is 5.92 Å². The fraction of sp³-hybridized carbons (Fsp3) is 1.00. The summed E-state index contributed by atoms with van der Waals surface area (Å²) in [5.74, 6) is 0.903. The Hall–Kier alpha value is -0.120. The van der Waals surface area contributed by atoms with Crippen LogP contribution in [0.25, 0.3) is 0 Å². The van der Waals surface area contributed by atoms with Gasteiger partial charge in [0.05, 0.1) is 0 Å². The van der Waals surface area contributed by atoms with Gasteiger partial charge in [0.15, 0.2) is 0 Å². The predicted octanol–water partition coefficient (Wildman–Crippen LogP) is 1.21. The maximum absolute atomic E-state index is 8.80. The maximum Gasteiger partial charge on any atom is 0.0446 e. The normalized spacial score (nSPS) is 29.4. The molecule has 0 amide bonds. The van der Waals surface area contributed by atoms with Gasteiger partial charge >= 0.3 is 0 Å². The van der Waals surface area contributed by atoms with E-state index in [-0.39, 0.29) is 12.6 Å². The van der Waals surface area contributed by atoms with Crippen molar-refractivity contribution in [1.82, 2.24) is 4.90 Å². The molecule has 0 saturated heterocycles. The van der Waals surface area contributed by atoms with Crippen LogP contribution in [0.15, 0.2) is 0 Å². The Morgan fingerprint density at radius 1 is 1.33 bits per heavy atom. The molecule has 0 aromatic heterocycles. The number of nitrogens with zero attached hydrogens (tertiary/aromatic N) is 1. The molecule has 1 aliphatic carbocycles. The predicted molar refractivity (Wildman–Crippen MR) is 63.7 cm³/mol. The summed E-state index contributed by atoms with van der Waals surface area (Å²) in [6.45, 7) is 3.46. The minimum Gasteiger partial charge on any atom is -0.396 e. The number of aliphatic hydroxyl groups is 1. The summed E-state index contributed by atoms with van der Waals surface area (Å²) in [5, 5.41) is 8.80. The summed E-state index contributed by atoms with van der Waals surface area (Å²) < 4.78 is 0. The highest BCUT2D eigenvalue weighted by Gasteiger charge is 2.22. The van der Waals surface area contributed by atoms with Crippen molar-refractivity contribution < 1.29 is 5.11 Å². The van der Waals surface area contributed by atoms with Crippen LogP contribution in [0.4, 0.5) is 0 Å². The number of rotatable bonds is 5. The molecule has 1 fully saturated rings. The van der Waals surface area contributed by atoms with Gasteiger partial charge in [0, 0.05) is 25.2 Å². The molecular formula is C12H26N2O. The third-order valence-electron chi connectivity index (χ3n) is 3.63. The van der Waals surface area contributed by atoms with E-state index in [0.717, 1.165) is 12.5 Å². The minimum absolute atomic E-state index is 0.124. The number of likely N-dealkylation sites (N-methyl/N-ethyl adjacent to an activating group) is 1. The fourth-order valence-electron chi connectivity index (χ4n) is 2.46. The highest BCUT2D eigenvalue weighted by Crippen LogP contribution is 2.26. The Morgan fingerprint density at radius 2 is 1.93 bits per heavy atom. The highest BCUT2D eigenvalue weighted by molar-refractivity contribution is 4.78. The van der Waals surface area contributed by atoms with Crippen molar-refractivity contribution in [3.05, 3.63) is 0 Å². The van der Waals surface area contributed by atoms with Gasteiger partial charge < -0.3 is 15.7 Å². The summed E-state index contributed by atoms with van der Waals surface area (Å²) in [5.41, 5.74) is 5.92. The van der Waals surface area contributed by atoms with Crippen LogP contribution in [-0.2, 0) is 0 Å². The van der Waals surface area contributed by atoms with E-state index in [1.165, 1.54) is 25.7 Å². The molecule has 3 heteroatoms. The van der Waals surface area contributed by atoms with Crippen molar-refractivity contribution in [2.75, 3.05) is 20.2 Å². The lowest BCUT2D eigenvalue weighted by molar-refractivity contribution is 0.155. The smallest absolute Gasteiger partial charge is 0.0446 e. The maximum atomic E-state index is 8.80. The lowest BCUT2D eigenvalue weighted by Gasteiger charge is -2.34. The zero-order valence-electron chi connectivity index (χ0n) is 10.2. The van der Waals surface area contributed by atoms with Crippen molar-refractivity contribution >= 4 is 0 Å². The van der Waals surface area contributed by atoms with Crippen LogP contribution < -0.4 is 5.73 Å². The molecule has 0 spiro atoms. The van der Waals surface area contributed by atoms with Gasteiger partial charge in [-0.15, -0.1) is 0 Å². The molecule has 1 aliphatic rings. The minimum atomic E-state index is 0.124. The molecular weight excluding hydrogens is 188 g/mol. The fourth-order valence-corrected chi connectivity index (χ4v) is 2.46. The van der Waals surface area contributed by atoms with Gasteiger partial charge in [-0.2, -0.15) is 0 Å². The Kier molecular flexibility index (Phi) is 5.58. The molecule has 0 aromatic rings. The Balaban J connectivity index is 2.24. The number of hydrogen-bond donors (Lipinski definition) is 2. The van der Waals surface area contributed by atoms with Crippen molar-refractivity contribution in [3.8, 4) is 0 Å². The van der Waals surface area contributed by atoms with Crippen LogP contribution >= 0.6 is 0 Å². The lowest BCUT2D eigenvalue weighted by atomic mass is 9.86. The molecule has 15 heavy (non-hydrogen) atoms. The topological polar surface area (TPSA) is 49.5 Å². The van der Waals surface area contributed by atoms with Gasteiger partial charge in [-0.3, -0.25) is 0 Å².